The SMILES string of the molecule is CS(=O)(=O)N1CCCC1c1ccnc(Nc2ccccn2)n1. The fourth-order valence-electron chi connectivity index (χ4n) is 2.60. The molecule has 22 heavy (non-hydrogen) atoms. The van der Waals surface area contributed by atoms with Crippen LogP contribution in [-0.4, -0.2) is 40.5 Å². The highest BCUT2D eigenvalue weighted by Crippen LogP contribution is 2.32. The van der Waals surface area contributed by atoms with Gasteiger partial charge in [-0.1, -0.05) is 6.07 Å². The second kappa shape index (κ2) is 5.98. The summed E-state index contributed by atoms with van der Waals surface area (Å²) < 4.78 is 25.2. The molecule has 2 aromatic rings. The van der Waals surface area contributed by atoms with Crippen LogP contribution in [0.5, 0.6) is 0 Å². The van der Waals surface area contributed by atoms with Gasteiger partial charge in [0.1, 0.15) is 5.82 Å². The molecule has 1 N–H and O–H groups in total. The zero-order valence-electron chi connectivity index (χ0n) is 12.2. The van der Waals surface area contributed by atoms with E-state index in [1.165, 1.54) is 10.6 Å². The topological polar surface area (TPSA) is 88.1 Å². The van der Waals surface area contributed by atoms with Crippen molar-refractivity contribution in [3.8, 4) is 0 Å². The van der Waals surface area contributed by atoms with Crippen LogP contribution in [0, 0.1) is 0 Å². The molecular weight excluding hydrogens is 302 g/mol. The van der Waals surface area contributed by atoms with Gasteiger partial charge >= 0.3 is 0 Å². The van der Waals surface area contributed by atoms with Crippen molar-refractivity contribution in [3.63, 3.8) is 0 Å². The lowest BCUT2D eigenvalue weighted by molar-refractivity contribution is 0.394. The van der Waals surface area contributed by atoms with Gasteiger partial charge in [-0.2, -0.15) is 4.31 Å². The summed E-state index contributed by atoms with van der Waals surface area (Å²) in [5.41, 5.74) is 0.705. The molecule has 1 atom stereocenters. The van der Waals surface area contributed by atoms with Crippen LogP contribution < -0.4 is 5.32 Å². The normalized spacial score (nSPS) is 19.2. The maximum Gasteiger partial charge on any atom is 0.228 e. The van der Waals surface area contributed by atoms with E-state index in [2.05, 4.69) is 20.3 Å². The fraction of sp³-hybridized carbons (Fsp3) is 0.357. The lowest BCUT2D eigenvalue weighted by Crippen LogP contribution is -2.30. The summed E-state index contributed by atoms with van der Waals surface area (Å²) in [5, 5.41) is 3.02. The highest BCUT2D eigenvalue weighted by molar-refractivity contribution is 7.88. The van der Waals surface area contributed by atoms with Crippen molar-refractivity contribution in [3.05, 3.63) is 42.4 Å². The van der Waals surface area contributed by atoms with Crippen LogP contribution in [0.3, 0.4) is 0 Å². The Morgan fingerprint density at radius 3 is 2.82 bits per heavy atom. The van der Waals surface area contributed by atoms with Gasteiger partial charge in [-0.05, 0) is 31.0 Å². The van der Waals surface area contributed by atoms with E-state index in [1.54, 1.807) is 18.5 Å². The summed E-state index contributed by atoms with van der Waals surface area (Å²) >= 11 is 0. The van der Waals surface area contributed by atoms with Gasteiger partial charge in [0.25, 0.3) is 0 Å². The van der Waals surface area contributed by atoms with Gasteiger partial charge in [-0.25, -0.2) is 23.4 Å². The van der Waals surface area contributed by atoms with Gasteiger partial charge in [-0.15, -0.1) is 0 Å². The van der Waals surface area contributed by atoms with E-state index in [4.69, 9.17) is 0 Å². The molecule has 1 saturated heterocycles. The predicted octanol–water partition coefficient (Wildman–Crippen LogP) is 1.71. The van der Waals surface area contributed by atoms with Crippen LogP contribution in [-0.2, 0) is 10.0 Å². The van der Waals surface area contributed by atoms with E-state index < -0.39 is 10.0 Å². The van der Waals surface area contributed by atoms with E-state index in [1.807, 2.05) is 18.2 Å². The molecule has 0 aromatic carbocycles. The van der Waals surface area contributed by atoms with Crippen molar-refractivity contribution in [2.45, 2.75) is 18.9 Å². The molecule has 1 fully saturated rings. The first kappa shape index (κ1) is 14.9. The monoisotopic (exact) mass is 319 g/mol. The third kappa shape index (κ3) is 3.23. The molecule has 0 amide bonds. The summed E-state index contributed by atoms with van der Waals surface area (Å²) in [6.07, 6.45) is 6.15. The Morgan fingerprint density at radius 1 is 1.23 bits per heavy atom. The summed E-state index contributed by atoms with van der Waals surface area (Å²) in [6.45, 7) is 0.538. The molecule has 3 heterocycles. The molecule has 0 spiro atoms. The van der Waals surface area contributed by atoms with Crippen molar-refractivity contribution in [2.24, 2.45) is 0 Å². The maximum atomic E-state index is 11.9. The molecule has 8 heteroatoms. The first-order valence-electron chi connectivity index (χ1n) is 7.02. The van der Waals surface area contributed by atoms with Crippen molar-refractivity contribution < 1.29 is 8.42 Å². The van der Waals surface area contributed by atoms with Gasteiger partial charge in [0, 0.05) is 18.9 Å². The quantitative estimate of drug-likeness (QED) is 0.923. The van der Waals surface area contributed by atoms with Crippen molar-refractivity contribution in [2.75, 3.05) is 18.1 Å². The Balaban J connectivity index is 1.85. The van der Waals surface area contributed by atoms with E-state index >= 15 is 0 Å². The Morgan fingerprint density at radius 2 is 2.09 bits per heavy atom. The molecule has 3 rings (SSSR count). The molecule has 0 bridgehead atoms. The van der Waals surface area contributed by atoms with Gasteiger partial charge in [0.05, 0.1) is 18.0 Å². The van der Waals surface area contributed by atoms with Crippen LogP contribution >= 0.6 is 0 Å². The number of rotatable bonds is 4. The number of hydrogen-bond donors (Lipinski definition) is 1. The zero-order chi connectivity index (χ0) is 15.6. The first-order valence-corrected chi connectivity index (χ1v) is 8.87. The Labute approximate surface area is 129 Å². The second-order valence-electron chi connectivity index (χ2n) is 5.18. The number of sulfonamides is 1. The van der Waals surface area contributed by atoms with E-state index in [9.17, 15) is 8.42 Å². The molecule has 0 aliphatic carbocycles. The van der Waals surface area contributed by atoms with Crippen molar-refractivity contribution in [1.82, 2.24) is 19.3 Å². The number of anilines is 2. The molecule has 2 aromatic heterocycles. The summed E-state index contributed by atoms with van der Waals surface area (Å²) in [6, 6.07) is 7.04. The summed E-state index contributed by atoms with van der Waals surface area (Å²) in [4.78, 5) is 12.8. The second-order valence-corrected chi connectivity index (χ2v) is 7.11. The molecule has 1 aliphatic rings. The molecule has 1 unspecified atom stereocenters. The van der Waals surface area contributed by atoms with Crippen LogP contribution in [0.1, 0.15) is 24.6 Å². The average Bonchev–Trinajstić information content (AvgIpc) is 2.98. The molecular formula is C14H17N5O2S. The minimum Gasteiger partial charge on any atom is -0.309 e. The van der Waals surface area contributed by atoms with Gasteiger partial charge in [0.15, 0.2) is 0 Å². The van der Waals surface area contributed by atoms with Crippen LogP contribution in [0.2, 0.25) is 0 Å². The maximum absolute atomic E-state index is 11.9. The van der Waals surface area contributed by atoms with Crippen LogP contribution in [0.15, 0.2) is 36.7 Å². The summed E-state index contributed by atoms with van der Waals surface area (Å²) in [7, 11) is -3.23. The smallest absolute Gasteiger partial charge is 0.228 e. The summed E-state index contributed by atoms with van der Waals surface area (Å²) in [5.74, 6) is 1.06. The van der Waals surface area contributed by atoms with Crippen molar-refractivity contribution in [1.29, 1.82) is 0 Å². The molecule has 0 radical (unpaired) electrons. The van der Waals surface area contributed by atoms with Gasteiger partial charge in [-0.3, -0.25) is 0 Å². The predicted molar refractivity (Wildman–Crippen MR) is 83.1 cm³/mol. The lowest BCUT2D eigenvalue weighted by Gasteiger charge is -2.21. The molecule has 1 aliphatic heterocycles. The third-order valence-corrected chi connectivity index (χ3v) is 4.84. The zero-order valence-corrected chi connectivity index (χ0v) is 13.0. The largest absolute Gasteiger partial charge is 0.309 e. The standard InChI is InChI=1S/C14H17N5O2S/c1-22(20,21)19-10-4-5-12(19)11-7-9-16-14(17-11)18-13-6-2-3-8-15-13/h2-3,6-9,12H,4-5,10H2,1H3,(H,15,16,17,18). The number of pyridine rings is 1. The highest BCUT2D eigenvalue weighted by atomic mass is 32.2. The Hall–Kier alpha value is -2.06. The number of nitrogens with zero attached hydrogens (tertiary/aromatic N) is 4. The van der Waals surface area contributed by atoms with E-state index in [0.29, 0.717) is 24.0 Å². The first-order chi connectivity index (χ1) is 10.5. The van der Waals surface area contributed by atoms with Gasteiger partial charge in [0.2, 0.25) is 16.0 Å². The molecule has 0 saturated carbocycles. The molecule has 116 valence electrons. The minimum atomic E-state index is -3.23. The fourth-order valence-corrected chi connectivity index (χ4v) is 3.74. The average molecular weight is 319 g/mol. The van der Waals surface area contributed by atoms with Crippen LogP contribution in [0.4, 0.5) is 11.8 Å². The number of hydrogen-bond acceptors (Lipinski definition) is 6. The van der Waals surface area contributed by atoms with Crippen molar-refractivity contribution >= 4 is 21.8 Å². The van der Waals surface area contributed by atoms with Crippen LogP contribution in [0.25, 0.3) is 0 Å². The highest BCUT2D eigenvalue weighted by Gasteiger charge is 2.33. The Bertz CT molecular complexity index is 751. The third-order valence-electron chi connectivity index (χ3n) is 3.55. The number of nitrogens with one attached hydrogen (secondary N) is 1. The Kier molecular flexibility index (Phi) is 4.04. The number of aromatic nitrogens is 3. The van der Waals surface area contributed by atoms with Gasteiger partial charge < -0.3 is 5.32 Å². The minimum absolute atomic E-state index is 0.220. The molecule has 7 nitrogen and oxygen atoms in total. The lowest BCUT2D eigenvalue weighted by atomic mass is 10.1. The van der Waals surface area contributed by atoms with E-state index in [0.717, 1.165) is 12.8 Å². The van der Waals surface area contributed by atoms with E-state index in [-0.39, 0.29) is 6.04 Å².